The summed E-state index contributed by atoms with van der Waals surface area (Å²) in [7, 11) is 1.32. The van der Waals surface area contributed by atoms with Crippen molar-refractivity contribution in [2.45, 2.75) is 161 Å². The summed E-state index contributed by atoms with van der Waals surface area (Å²) in [5, 5.41) is 63.0. The molecule has 7 heterocycles. The molecule has 0 bridgehead atoms. The second-order valence-corrected chi connectivity index (χ2v) is 31.9. The van der Waals surface area contributed by atoms with Gasteiger partial charge in [-0.3, -0.25) is 28.8 Å². The predicted molar refractivity (Wildman–Crippen MR) is 440 cm³/mol. The maximum absolute atomic E-state index is 14.0. The number of benzene rings is 6. The highest BCUT2D eigenvalue weighted by Gasteiger charge is 2.46. The SMILES string of the molecule is COc1c(C)c(F)cc2c(=O)c(C(=O)O)cn([C@@H]3C[C@@H]3F)c12.Cc1c(F)cc2c(=O)c(C(=O)O)cn([C@@H]3C[C@@H]3F)c2c1C.Cc1c(F)cc2c(=O)c(C(=O)O)cn([C@@H]3C[C@@H]3F)c2c1C#N.Cc1c(F)cc2c(=O)c(C(=O)O)cn([C@@H]3C[C@@H]3F)c2c1Cl.Cc1c(F)cc2c(=O)c(C(=O)O)cn([C@@H]3C[C@@H]3F)c2c1OC(F)F.Cc1c(F)cc2c(=O)c(C(=O)O)cn3c2c1OC[C@@H]3C. The lowest BCUT2D eigenvalue weighted by Gasteiger charge is -2.28. The second kappa shape index (κ2) is 35.0. The van der Waals surface area contributed by atoms with Crippen LogP contribution in [-0.4, -0.2) is 145 Å². The molecule has 0 radical (unpaired) electrons. The number of alkyl halides is 7. The van der Waals surface area contributed by atoms with Gasteiger partial charge in [0.1, 0.15) is 123 Å². The number of hydrogen-bond donors (Lipinski definition) is 6. The number of carbonyl (C=O) groups is 6. The monoisotopic (exact) mass is 1840 g/mol. The quantitative estimate of drug-likeness (QED) is 0.0551. The van der Waals surface area contributed by atoms with Gasteiger partial charge in [-0.25, -0.2) is 77.1 Å². The molecule has 1 aliphatic heterocycles. The molecule has 5 saturated carbocycles. The number of rotatable bonds is 14. The van der Waals surface area contributed by atoms with Crippen LogP contribution in [0.5, 0.6) is 17.2 Å². The standard InChI is InChI=1S/C15H11F4NO4.C15H10F2N2O3.C15H13F2NO4.C15H13F2NO3.C14H10ClF2NO3.C14H12FNO4/c1-5-8(16)2-6-11(13(5)24-15(18)19)20(10-3-9(10)17)4-7(12(6)21)14(22)23;1-6-8(4-18)13-7(2-10(6)16)14(20)9(15(21)22)5-19(13)12-3-11(12)17;1-6-9(16)3-7-12(14(6)22-2)18(11-4-10(11)17)5-8(13(7)19)15(20)21;1-6-7(2)13-8(3-10(6)16)14(19)9(15(20)21)5-18(13)12-4-11(12)17;1-5-8(16)2-6-12(11(5)15)18(10-3-9(10)17)4-7(13(6)19)14(20)21;1-6-5-20-13-7(2)10(15)3-8-11(13)16(6)4-9(12(8)17)14(18)19/h2,4,9-10,15H,3H2,1H3,(H,22,23);2,5,11-12H,3H2,1H3,(H,21,22);3,5,10-11H,4H2,1-2H3,(H,20,21);3,5,11-12H,4H2,1-2H3,(H,20,21);2,4,9-10H,3H2,1H3,(H,20,21);3-4,6H,5H2,1-2H3,(H,18,19)/t9-,10+;11-,12+;10-,11+;11-,12+;9-,10+;6-/m000000/s1. The van der Waals surface area contributed by atoms with Crippen LogP contribution >= 0.6 is 11.6 Å². The number of ether oxygens (including phenoxy) is 3. The molecular weight excluding hydrogens is 1770 g/mol. The van der Waals surface area contributed by atoms with Crippen molar-refractivity contribution in [2.24, 2.45) is 0 Å². The second-order valence-electron chi connectivity index (χ2n) is 31.5. The number of aromatic carboxylic acids is 6. The molecule has 680 valence electrons. The van der Waals surface area contributed by atoms with Crippen molar-refractivity contribution in [3.8, 4) is 23.3 Å². The van der Waals surface area contributed by atoms with Gasteiger partial charge >= 0.3 is 42.4 Å². The fourth-order valence-corrected chi connectivity index (χ4v) is 15.7. The number of fused-ring (bicyclic) bond motifs is 5. The first-order valence-electron chi connectivity index (χ1n) is 39.0. The van der Waals surface area contributed by atoms with Crippen molar-refractivity contribution < 1.29 is 131 Å². The molecular formula is C88H69ClF13N7O21. The fourth-order valence-electron chi connectivity index (χ4n) is 15.4. The Hall–Kier alpha value is -14.3. The smallest absolute Gasteiger partial charge is 0.387 e. The van der Waals surface area contributed by atoms with Gasteiger partial charge in [-0.1, -0.05) is 11.6 Å². The van der Waals surface area contributed by atoms with E-state index in [0.29, 0.717) is 40.1 Å². The number of carboxylic acid groups (broad SMARTS) is 6. The van der Waals surface area contributed by atoms with E-state index in [1.54, 1.807) is 25.3 Å². The van der Waals surface area contributed by atoms with E-state index in [4.69, 9.17) is 51.7 Å². The molecule has 6 aromatic heterocycles. The summed E-state index contributed by atoms with van der Waals surface area (Å²) in [6.07, 6.45) is 1.67. The molecule has 0 unspecified atom stereocenters. The van der Waals surface area contributed by atoms with Gasteiger partial charge < -0.3 is 72.3 Å². The van der Waals surface area contributed by atoms with Crippen molar-refractivity contribution in [2.75, 3.05) is 13.7 Å². The molecule has 12 aromatic rings. The van der Waals surface area contributed by atoms with E-state index in [-0.39, 0.29) is 131 Å². The number of aryl methyl sites for hydroxylation is 1. The van der Waals surface area contributed by atoms with Gasteiger partial charge in [-0.2, -0.15) is 14.0 Å². The van der Waals surface area contributed by atoms with Crippen LogP contribution in [0.3, 0.4) is 0 Å². The number of hydrogen-bond acceptors (Lipinski definition) is 16. The Labute approximate surface area is 724 Å². The normalized spacial score (nSPS) is 19.8. The van der Waals surface area contributed by atoms with E-state index in [0.717, 1.165) is 65.8 Å². The van der Waals surface area contributed by atoms with Crippen LogP contribution in [0.1, 0.15) is 182 Å². The van der Waals surface area contributed by atoms with Crippen molar-refractivity contribution in [3.05, 3.63) is 253 Å². The van der Waals surface area contributed by atoms with Gasteiger partial charge in [0, 0.05) is 102 Å². The third-order valence-corrected chi connectivity index (χ3v) is 23.6. The fraction of sp³-hybridized carbons (Fsp3) is 0.307. The number of pyridine rings is 6. The third kappa shape index (κ3) is 16.8. The summed E-state index contributed by atoms with van der Waals surface area (Å²) in [6, 6.07) is 4.32. The highest BCUT2D eigenvalue weighted by atomic mass is 35.5. The zero-order valence-electron chi connectivity index (χ0n) is 68.8. The van der Waals surface area contributed by atoms with Gasteiger partial charge in [-0.15, -0.1) is 0 Å². The van der Waals surface area contributed by atoms with Crippen LogP contribution in [0.25, 0.3) is 65.4 Å². The van der Waals surface area contributed by atoms with E-state index in [1.807, 2.05) is 13.0 Å². The number of carboxylic acids is 6. The first-order chi connectivity index (χ1) is 61.0. The minimum absolute atomic E-state index is 0.00172. The molecule has 11 atom stereocenters. The number of nitrogens with zero attached hydrogens (tertiary/aromatic N) is 7. The summed E-state index contributed by atoms with van der Waals surface area (Å²) in [5.74, 6) is -13.1. The minimum Gasteiger partial charge on any atom is -0.494 e. The van der Waals surface area contributed by atoms with Crippen LogP contribution in [0.15, 0.2) is 102 Å². The maximum Gasteiger partial charge on any atom is 0.387 e. The molecule has 28 nitrogen and oxygen atoms in total. The number of aromatic nitrogens is 6. The molecule has 42 heteroatoms. The van der Waals surface area contributed by atoms with Crippen LogP contribution in [-0.2, 0) is 0 Å². The predicted octanol–water partition coefficient (Wildman–Crippen LogP) is 15.7. The number of methoxy groups -OCH3 is 1. The summed E-state index contributed by atoms with van der Waals surface area (Å²) in [6.45, 7) is 9.11. The van der Waals surface area contributed by atoms with Crippen LogP contribution < -0.4 is 46.8 Å². The highest BCUT2D eigenvalue weighted by molar-refractivity contribution is 6.36. The Balaban J connectivity index is 0.000000133. The summed E-state index contributed by atoms with van der Waals surface area (Å²) < 4.78 is 199. The maximum atomic E-state index is 14.0. The van der Waals surface area contributed by atoms with Crippen LogP contribution in [0, 0.1) is 94.7 Å². The number of nitriles is 1. The van der Waals surface area contributed by atoms with Crippen molar-refractivity contribution >= 4 is 113 Å². The van der Waals surface area contributed by atoms with E-state index in [2.05, 4.69) is 4.74 Å². The van der Waals surface area contributed by atoms with E-state index < -0.39 is 210 Å². The van der Waals surface area contributed by atoms with Gasteiger partial charge in [0.25, 0.3) is 0 Å². The Kier molecular flexibility index (Phi) is 25.1. The molecule has 6 aliphatic rings. The molecule has 18 rings (SSSR count). The molecule has 0 spiro atoms. The van der Waals surface area contributed by atoms with Crippen molar-refractivity contribution in [1.82, 2.24) is 27.4 Å². The highest BCUT2D eigenvalue weighted by Crippen LogP contribution is 2.48. The molecule has 6 N–H and O–H groups in total. The van der Waals surface area contributed by atoms with Crippen LogP contribution in [0.2, 0.25) is 5.02 Å². The zero-order chi connectivity index (χ0) is 95.7. The Morgan fingerprint density at radius 3 is 0.985 bits per heavy atom. The molecule has 0 saturated heterocycles. The zero-order valence-corrected chi connectivity index (χ0v) is 69.6. The molecule has 5 fully saturated rings. The van der Waals surface area contributed by atoms with E-state index >= 15 is 0 Å². The topological polar surface area (TPSA) is 407 Å². The van der Waals surface area contributed by atoms with E-state index in [9.17, 15) is 120 Å². The van der Waals surface area contributed by atoms with Crippen molar-refractivity contribution in [1.29, 1.82) is 5.26 Å². The van der Waals surface area contributed by atoms with Crippen molar-refractivity contribution in [3.63, 3.8) is 0 Å². The Morgan fingerprint density at radius 1 is 0.392 bits per heavy atom. The average molecular weight is 1840 g/mol. The lowest BCUT2D eigenvalue weighted by Crippen LogP contribution is -2.27. The molecule has 6 aromatic carbocycles. The van der Waals surface area contributed by atoms with Gasteiger partial charge in [-0.05, 0) is 103 Å². The first-order valence-corrected chi connectivity index (χ1v) is 39.4. The minimum atomic E-state index is -3.29. The third-order valence-electron chi connectivity index (χ3n) is 23.2. The van der Waals surface area contributed by atoms with Crippen LogP contribution in [0.4, 0.5) is 57.1 Å². The van der Waals surface area contributed by atoms with Gasteiger partial charge in [0.15, 0.2) is 5.75 Å². The van der Waals surface area contributed by atoms with Gasteiger partial charge in [0.2, 0.25) is 32.6 Å². The Morgan fingerprint density at radius 2 is 0.654 bits per heavy atom. The summed E-state index contributed by atoms with van der Waals surface area (Å²) in [4.78, 5) is 140. The largest absolute Gasteiger partial charge is 0.494 e. The Bertz CT molecular complexity index is 7290. The summed E-state index contributed by atoms with van der Waals surface area (Å²) in [5.41, 5.74) is -5.83. The lowest BCUT2D eigenvalue weighted by atomic mass is 10.0. The molecule has 5 aliphatic carbocycles. The van der Waals surface area contributed by atoms with Gasteiger partial charge in [0.05, 0.1) is 114 Å². The molecule has 130 heavy (non-hydrogen) atoms. The summed E-state index contributed by atoms with van der Waals surface area (Å²) >= 11 is 6.09. The lowest BCUT2D eigenvalue weighted by molar-refractivity contribution is -0.0496. The average Bonchev–Trinajstić information content (AvgIpc) is 1.43. The first kappa shape index (κ1) is 93.3. The number of halogens is 14. The molecule has 0 amide bonds. The van der Waals surface area contributed by atoms with E-state index in [1.165, 1.54) is 65.5 Å².